The number of nitrogens with two attached hydrogens (primary N) is 1. The summed E-state index contributed by atoms with van der Waals surface area (Å²) in [5, 5.41) is 5.51. The maximum absolute atomic E-state index is 5.60. The van der Waals surface area contributed by atoms with Crippen LogP contribution in [-0.2, 0) is 13.1 Å². The van der Waals surface area contributed by atoms with Gasteiger partial charge in [-0.05, 0) is 24.6 Å². The van der Waals surface area contributed by atoms with Crippen LogP contribution in [0.15, 0.2) is 42.7 Å². The molecule has 2 N–H and O–H groups in total. The first-order chi connectivity index (χ1) is 8.74. The first-order valence-electron chi connectivity index (χ1n) is 6.07. The standard InChI is InChI=1S/C14H16N4/c1-11-10-17(13-5-3-2-4-12(11)13)8-9-18-7-6-14(15)16-18/h2-7,10H,8-9H2,1H3,(H2,15,16). The van der Waals surface area contributed by atoms with Crippen molar-refractivity contribution in [1.29, 1.82) is 0 Å². The smallest absolute Gasteiger partial charge is 0.145 e. The van der Waals surface area contributed by atoms with Gasteiger partial charge < -0.3 is 10.3 Å². The van der Waals surface area contributed by atoms with E-state index in [0.29, 0.717) is 5.82 Å². The molecule has 0 spiro atoms. The van der Waals surface area contributed by atoms with Crippen LogP contribution in [0.1, 0.15) is 5.56 Å². The summed E-state index contributed by atoms with van der Waals surface area (Å²) >= 11 is 0. The lowest BCUT2D eigenvalue weighted by atomic mass is 10.2. The zero-order valence-corrected chi connectivity index (χ0v) is 10.4. The van der Waals surface area contributed by atoms with Crippen molar-refractivity contribution < 1.29 is 0 Å². The Hall–Kier alpha value is -2.23. The lowest BCUT2D eigenvalue weighted by molar-refractivity contribution is 0.544. The highest BCUT2D eigenvalue weighted by Crippen LogP contribution is 2.20. The van der Waals surface area contributed by atoms with E-state index in [1.54, 1.807) is 0 Å². The maximum Gasteiger partial charge on any atom is 0.145 e. The molecular formula is C14H16N4. The largest absolute Gasteiger partial charge is 0.382 e. The molecule has 0 amide bonds. The second-order valence-corrected chi connectivity index (χ2v) is 4.53. The third-order valence-electron chi connectivity index (χ3n) is 3.22. The summed E-state index contributed by atoms with van der Waals surface area (Å²) in [7, 11) is 0. The summed E-state index contributed by atoms with van der Waals surface area (Å²) in [5.74, 6) is 0.573. The Kier molecular flexibility index (Phi) is 2.55. The summed E-state index contributed by atoms with van der Waals surface area (Å²) in [5.41, 5.74) is 8.19. The van der Waals surface area contributed by atoms with Gasteiger partial charge in [-0.1, -0.05) is 18.2 Å². The quantitative estimate of drug-likeness (QED) is 0.764. The Balaban J connectivity index is 1.86. The molecule has 2 heterocycles. The van der Waals surface area contributed by atoms with Crippen LogP contribution in [0.4, 0.5) is 5.82 Å². The van der Waals surface area contributed by atoms with Crippen LogP contribution in [0.25, 0.3) is 10.9 Å². The molecule has 18 heavy (non-hydrogen) atoms. The lowest BCUT2D eigenvalue weighted by Gasteiger charge is -2.05. The van der Waals surface area contributed by atoms with Crippen molar-refractivity contribution in [2.75, 3.05) is 5.73 Å². The van der Waals surface area contributed by atoms with Gasteiger partial charge in [0.15, 0.2) is 0 Å². The number of nitrogen functional groups attached to an aromatic ring is 1. The van der Waals surface area contributed by atoms with Gasteiger partial charge >= 0.3 is 0 Å². The monoisotopic (exact) mass is 240 g/mol. The number of benzene rings is 1. The van der Waals surface area contributed by atoms with Crippen LogP contribution < -0.4 is 5.73 Å². The van der Waals surface area contributed by atoms with E-state index in [1.165, 1.54) is 16.5 Å². The average Bonchev–Trinajstić information content (AvgIpc) is 2.92. The Morgan fingerprint density at radius 1 is 1.17 bits per heavy atom. The van der Waals surface area contributed by atoms with E-state index in [-0.39, 0.29) is 0 Å². The Morgan fingerprint density at radius 3 is 2.78 bits per heavy atom. The molecule has 4 heteroatoms. The van der Waals surface area contributed by atoms with E-state index < -0.39 is 0 Å². The SMILES string of the molecule is Cc1cn(CCn2ccc(N)n2)c2ccccc12. The van der Waals surface area contributed by atoms with Crippen LogP contribution in [0.3, 0.4) is 0 Å². The first kappa shape index (κ1) is 10.9. The average molecular weight is 240 g/mol. The molecule has 92 valence electrons. The molecule has 0 fully saturated rings. The minimum Gasteiger partial charge on any atom is -0.382 e. The number of hydrogen-bond acceptors (Lipinski definition) is 2. The summed E-state index contributed by atoms with van der Waals surface area (Å²) < 4.78 is 4.14. The predicted octanol–water partition coefficient (Wildman–Crippen LogP) is 2.43. The van der Waals surface area contributed by atoms with E-state index >= 15 is 0 Å². The molecule has 0 unspecified atom stereocenters. The van der Waals surface area contributed by atoms with Crippen molar-refractivity contribution in [2.45, 2.75) is 20.0 Å². The Bertz CT molecular complexity index is 678. The molecule has 1 aromatic carbocycles. The minimum atomic E-state index is 0.573. The summed E-state index contributed by atoms with van der Waals surface area (Å²) in [4.78, 5) is 0. The summed E-state index contributed by atoms with van der Waals surface area (Å²) in [6.07, 6.45) is 4.10. The fourth-order valence-electron chi connectivity index (χ4n) is 2.33. The second kappa shape index (κ2) is 4.22. The Morgan fingerprint density at radius 2 is 2.00 bits per heavy atom. The number of nitrogens with zero attached hydrogens (tertiary/aromatic N) is 3. The van der Waals surface area contributed by atoms with Crippen LogP contribution in [0.2, 0.25) is 0 Å². The molecule has 3 aromatic rings. The highest BCUT2D eigenvalue weighted by atomic mass is 15.3. The molecule has 0 saturated heterocycles. The van der Waals surface area contributed by atoms with E-state index in [4.69, 9.17) is 5.73 Å². The Labute approximate surface area is 106 Å². The molecule has 0 aliphatic heterocycles. The number of anilines is 1. The fraction of sp³-hybridized carbons (Fsp3) is 0.214. The fourth-order valence-corrected chi connectivity index (χ4v) is 2.33. The third kappa shape index (κ3) is 1.86. The highest BCUT2D eigenvalue weighted by Gasteiger charge is 2.04. The van der Waals surface area contributed by atoms with Crippen molar-refractivity contribution in [3.8, 4) is 0 Å². The number of aryl methyl sites for hydroxylation is 3. The summed E-state index contributed by atoms with van der Waals surface area (Å²) in [6, 6.07) is 10.3. The van der Waals surface area contributed by atoms with E-state index in [2.05, 4.69) is 47.1 Å². The molecular weight excluding hydrogens is 224 g/mol. The molecule has 0 atom stereocenters. The number of para-hydroxylation sites is 1. The number of aromatic nitrogens is 3. The van der Waals surface area contributed by atoms with Gasteiger partial charge in [-0.15, -0.1) is 0 Å². The molecule has 0 aliphatic carbocycles. The van der Waals surface area contributed by atoms with Crippen LogP contribution in [0, 0.1) is 6.92 Å². The summed E-state index contributed by atoms with van der Waals surface area (Å²) in [6.45, 7) is 3.87. The van der Waals surface area contributed by atoms with E-state index in [1.807, 2.05) is 16.9 Å². The van der Waals surface area contributed by atoms with Gasteiger partial charge in [-0.25, -0.2) is 0 Å². The van der Waals surface area contributed by atoms with Gasteiger partial charge in [0.1, 0.15) is 5.82 Å². The highest BCUT2D eigenvalue weighted by molar-refractivity contribution is 5.83. The van der Waals surface area contributed by atoms with Gasteiger partial charge in [0.05, 0.1) is 6.54 Å². The topological polar surface area (TPSA) is 48.8 Å². The third-order valence-corrected chi connectivity index (χ3v) is 3.22. The van der Waals surface area contributed by atoms with Crippen LogP contribution in [0.5, 0.6) is 0 Å². The number of hydrogen-bond donors (Lipinski definition) is 1. The van der Waals surface area contributed by atoms with E-state index in [0.717, 1.165) is 13.1 Å². The molecule has 0 radical (unpaired) electrons. The van der Waals surface area contributed by atoms with Gasteiger partial charge in [-0.3, -0.25) is 4.68 Å². The van der Waals surface area contributed by atoms with Gasteiger partial charge in [0.2, 0.25) is 0 Å². The predicted molar refractivity (Wildman–Crippen MR) is 73.3 cm³/mol. The molecule has 0 aliphatic rings. The molecule has 4 nitrogen and oxygen atoms in total. The van der Waals surface area contributed by atoms with E-state index in [9.17, 15) is 0 Å². The maximum atomic E-state index is 5.60. The van der Waals surface area contributed by atoms with Crippen molar-refractivity contribution in [1.82, 2.24) is 14.3 Å². The zero-order valence-electron chi connectivity index (χ0n) is 10.4. The molecule has 3 rings (SSSR count). The van der Waals surface area contributed by atoms with Crippen molar-refractivity contribution in [3.63, 3.8) is 0 Å². The van der Waals surface area contributed by atoms with Crippen LogP contribution in [-0.4, -0.2) is 14.3 Å². The minimum absolute atomic E-state index is 0.573. The lowest BCUT2D eigenvalue weighted by Crippen LogP contribution is -2.07. The van der Waals surface area contributed by atoms with Gasteiger partial charge in [-0.2, -0.15) is 5.10 Å². The molecule has 2 aromatic heterocycles. The van der Waals surface area contributed by atoms with Crippen LogP contribution >= 0.6 is 0 Å². The van der Waals surface area contributed by atoms with Crippen molar-refractivity contribution >= 4 is 16.7 Å². The van der Waals surface area contributed by atoms with Crippen molar-refractivity contribution in [3.05, 3.63) is 48.3 Å². The second-order valence-electron chi connectivity index (χ2n) is 4.53. The molecule has 0 bridgehead atoms. The van der Waals surface area contributed by atoms with Gasteiger partial charge in [0.25, 0.3) is 0 Å². The normalized spacial score (nSPS) is 11.2. The van der Waals surface area contributed by atoms with Gasteiger partial charge in [0, 0.05) is 29.8 Å². The number of fused-ring (bicyclic) bond motifs is 1. The molecule has 0 saturated carbocycles. The zero-order chi connectivity index (χ0) is 12.5. The van der Waals surface area contributed by atoms with Crippen molar-refractivity contribution in [2.24, 2.45) is 0 Å². The number of rotatable bonds is 3. The first-order valence-corrected chi connectivity index (χ1v) is 6.07.